The van der Waals surface area contributed by atoms with Crippen molar-refractivity contribution in [1.29, 1.82) is 0 Å². The lowest BCUT2D eigenvalue weighted by atomic mass is 9.98. The van der Waals surface area contributed by atoms with Crippen molar-refractivity contribution in [2.75, 3.05) is 12.0 Å². The van der Waals surface area contributed by atoms with E-state index in [1.54, 1.807) is 6.92 Å². The van der Waals surface area contributed by atoms with Crippen LogP contribution in [0.5, 0.6) is 0 Å². The Morgan fingerprint density at radius 1 is 1.07 bits per heavy atom. The van der Waals surface area contributed by atoms with Crippen LogP contribution in [0.25, 0.3) is 21.9 Å². The standard InChI is InChI=1S/C22H25NO6S/c1-10-13(4)28-19-12(3)20-15(8-14(10)19)11(2)16(22(27)29-20)9-18(24)23-17(21(25)26)6-7-30-5/h8,17H,6-7,9H2,1-5H3,(H,23,24)(H,25,26). The summed E-state index contributed by atoms with van der Waals surface area (Å²) in [6, 6.07) is 0.929. The van der Waals surface area contributed by atoms with Crippen LogP contribution in [0.2, 0.25) is 0 Å². The number of carboxylic acids is 1. The molecular formula is C22H25NO6S. The number of furan rings is 1. The molecule has 0 spiro atoms. The molecule has 0 aliphatic rings. The van der Waals surface area contributed by atoms with E-state index in [2.05, 4.69) is 5.32 Å². The second kappa shape index (κ2) is 8.55. The number of fused-ring (bicyclic) bond motifs is 2. The third-order valence-electron chi connectivity index (χ3n) is 5.53. The van der Waals surface area contributed by atoms with Crippen molar-refractivity contribution in [3.05, 3.63) is 44.5 Å². The molecule has 2 N–H and O–H groups in total. The molecule has 0 radical (unpaired) electrons. The minimum Gasteiger partial charge on any atom is -0.480 e. The lowest BCUT2D eigenvalue weighted by Crippen LogP contribution is -2.42. The van der Waals surface area contributed by atoms with E-state index < -0.39 is 23.5 Å². The van der Waals surface area contributed by atoms with Gasteiger partial charge in [0.25, 0.3) is 0 Å². The molecule has 0 fully saturated rings. The summed E-state index contributed by atoms with van der Waals surface area (Å²) in [5.41, 5.74) is 3.14. The van der Waals surface area contributed by atoms with Crippen molar-refractivity contribution in [2.45, 2.75) is 46.6 Å². The number of hydrogen-bond acceptors (Lipinski definition) is 6. The van der Waals surface area contributed by atoms with Crippen LogP contribution in [-0.2, 0) is 16.0 Å². The number of hydrogen-bond donors (Lipinski definition) is 2. The Labute approximate surface area is 177 Å². The average molecular weight is 432 g/mol. The van der Waals surface area contributed by atoms with E-state index in [1.807, 2.05) is 33.1 Å². The number of amides is 1. The molecule has 160 valence electrons. The van der Waals surface area contributed by atoms with Crippen molar-refractivity contribution < 1.29 is 23.5 Å². The van der Waals surface area contributed by atoms with Gasteiger partial charge in [0.2, 0.25) is 5.91 Å². The Hall–Kier alpha value is -2.74. The number of carbonyl (C=O) groups excluding carboxylic acids is 1. The quantitative estimate of drug-likeness (QED) is 0.550. The summed E-state index contributed by atoms with van der Waals surface area (Å²) in [4.78, 5) is 36.5. The Bertz CT molecular complexity index is 1210. The third kappa shape index (κ3) is 3.96. The van der Waals surface area contributed by atoms with Gasteiger partial charge in [-0.25, -0.2) is 9.59 Å². The molecule has 3 aromatic rings. The van der Waals surface area contributed by atoms with Crippen LogP contribution in [0.15, 0.2) is 19.7 Å². The topological polar surface area (TPSA) is 110 Å². The van der Waals surface area contributed by atoms with Crippen LogP contribution in [0.4, 0.5) is 0 Å². The number of aryl methyl sites for hydroxylation is 4. The molecule has 3 rings (SSSR count). The third-order valence-corrected chi connectivity index (χ3v) is 6.17. The summed E-state index contributed by atoms with van der Waals surface area (Å²) < 4.78 is 11.4. The van der Waals surface area contributed by atoms with E-state index in [-0.39, 0.29) is 12.0 Å². The summed E-state index contributed by atoms with van der Waals surface area (Å²) in [5.74, 6) is -0.213. The van der Waals surface area contributed by atoms with Gasteiger partial charge in [-0.05, 0) is 63.3 Å². The zero-order valence-corrected chi connectivity index (χ0v) is 18.5. The number of carboxylic acid groups (broad SMARTS) is 1. The summed E-state index contributed by atoms with van der Waals surface area (Å²) in [7, 11) is 0. The maximum atomic E-state index is 12.6. The van der Waals surface area contributed by atoms with Gasteiger partial charge < -0.3 is 19.3 Å². The van der Waals surface area contributed by atoms with Gasteiger partial charge in [-0.15, -0.1) is 0 Å². The first-order valence-electron chi connectivity index (χ1n) is 9.62. The van der Waals surface area contributed by atoms with E-state index in [9.17, 15) is 19.5 Å². The van der Waals surface area contributed by atoms with Crippen LogP contribution in [-0.4, -0.2) is 35.0 Å². The van der Waals surface area contributed by atoms with Crippen molar-refractivity contribution >= 4 is 45.6 Å². The van der Waals surface area contributed by atoms with Crippen LogP contribution in [0.3, 0.4) is 0 Å². The van der Waals surface area contributed by atoms with Gasteiger partial charge in [-0.3, -0.25) is 4.79 Å². The van der Waals surface area contributed by atoms with Crippen LogP contribution < -0.4 is 10.9 Å². The zero-order valence-electron chi connectivity index (χ0n) is 17.7. The first-order chi connectivity index (χ1) is 14.1. The number of rotatable bonds is 7. The van der Waals surface area contributed by atoms with Gasteiger partial charge in [0, 0.05) is 16.3 Å². The van der Waals surface area contributed by atoms with E-state index in [1.165, 1.54) is 11.8 Å². The number of carbonyl (C=O) groups is 2. The Balaban J connectivity index is 2.01. The van der Waals surface area contributed by atoms with E-state index in [0.717, 1.165) is 27.7 Å². The fourth-order valence-corrected chi connectivity index (χ4v) is 4.07. The van der Waals surface area contributed by atoms with Gasteiger partial charge in [-0.2, -0.15) is 11.8 Å². The molecule has 0 saturated carbocycles. The van der Waals surface area contributed by atoms with Crippen LogP contribution >= 0.6 is 11.8 Å². The normalized spacial score (nSPS) is 12.4. The predicted octanol–water partition coefficient (Wildman–Crippen LogP) is 3.64. The number of benzene rings is 1. The molecule has 1 atom stereocenters. The van der Waals surface area contributed by atoms with Crippen molar-refractivity contribution in [3.63, 3.8) is 0 Å². The lowest BCUT2D eigenvalue weighted by Gasteiger charge is -2.15. The van der Waals surface area contributed by atoms with Crippen molar-refractivity contribution in [2.24, 2.45) is 0 Å². The summed E-state index contributed by atoms with van der Waals surface area (Å²) >= 11 is 1.50. The molecule has 30 heavy (non-hydrogen) atoms. The molecular weight excluding hydrogens is 406 g/mol. The zero-order chi connectivity index (χ0) is 22.2. The Morgan fingerprint density at radius 2 is 1.70 bits per heavy atom. The second-order valence-corrected chi connectivity index (χ2v) is 8.43. The van der Waals surface area contributed by atoms with Gasteiger partial charge in [0.1, 0.15) is 23.0 Å². The highest BCUT2D eigenvalue weighted by Crippen LogP contribution is 2.34. The highest BCUT2D eigenvalue weighted by Gasteiger charge is 2.23. The highest BCUT2D eigenvalue weighted by molar-refractivity contribution is 7.98. The molecule has 2 heterocycles. The fourth-order valence-electron chi connectivity index (χ4n) is 3.60. The van der Waals surface area contributed by atoms with E-state index in [0.29, 0.717) is 28.9 Å². The van der Waals surface area contributed by atoms with Crippen LogP contribution in [0, 0.1) is 27.7 Å². The first kappa shape index (κ1) is 22.0. The molecule has 1 aromatic carbocycles. The monoisotopic (exact) mass is 431 g/mol. The second-order valence-electron chi connectivity index (χ2n) is 7.45. The van der Waals surface area contributed by atoms with Gasteiger partial charge >= 0.3 is 11.6 Å². The number of aliphatic carboxylic acids is 1. The largest absolute Gasteiger partial charge is 0.480 e. The molecule has 7 nitrogen and oxygen atoms in total. The Kier molecular flexibility index (Phi) is 6.26. The summed E-state index contributed by atoms with van der Waals surface area (Å²) in [6.07, 6.45) is 1.93. The average Bonchev–Trinajstić information content (AvgIpc) is 2.98. The molecule has 0 saturated heterocycles. The molecule has 8 heteroatoms. The number of thioether (sulfide) groups is 1. The molecule has 2 aromatic heterocycles. The van der Waals surface area contributed by atoms with E-state index in [4.69, 9.17) is 8.83 Å². The molecule has 1 unspecified atom stereocenters. The van der Waals surface area contributed by atoms with Crippen LogP contribution in [0.1, 0.15) is 34.4 Å². The summed E-state index contributed by atoms with van der Waals surface area (Å²) in [6.45, 7) is 7.47. The van der Waals surface area contributed by atoms with Crippen molar-refractivity contribution in [1.82, 2.24) is 5.32 Å². The minimum atomic E-state index is -1.09. The first-order valence-corrected chi connectivity index (χ1v) is 11.0. The van der Waals surface area contributed by atoms with Gasteiger partial charge in [0.05, 0.1) is 12.0 Å². The van der Waals surface area contributed by atoms with Gasteiger partial charge in [-0.1, -0.05) is 0 Å². The molecule has 0 bridgehead atoms. The maximum Gasteiger partial charge on any atom is 0.340 e. The number of nitrogens with one attached hydrogen (secondary N) is 1. The minimum absolute atomic E-state index is 0.227. The maximum absolute atomic E-state index is 12.6. The highest BCUT2D eigenvalue weighted by atomic mass is 32.2. The molecule has 0 aliphatic carbocycles. The Morgan fingerprint density at radius 3 is 2.33 bits per heavy atom. The van der Waals surface area contributed by atoms with Crippen molar-refractivity contribution in [3.8, 4) is 0 Å². The fraction of sp³-hybridized carbons (Fsp3) is 0.409. The lowest BCUT2D eigenvalue weighted by molar-refractivity contribution is -0.141. The molecule has 0 aliphatic heterocycles. The SMILES string of the molecule is CSCCC(NC(=O)Cc1c(C)c2cc3c(C)c(C)oc3c(C)c2oc1=O)C(=O)O. The molecule has 1 amide bonds. The predicted molar refractivity (Wildman–Crippen MR) is 117 cm³/mol. The van der Waals surface area contributed by atoms with Gasteiger partial charge in [0.15, 0.2) is 0 Å². The summed E-state index contributed by atoms with van der Waals surface area (Å²) in [5, 5.41) is 13.5. The smallest absolute Gasteiger partial charge is 0.340 e. The van der Waals surface area contributed by atoms with E-state index >= 15 is 0 Å².